The molecule has 0 aliphatic rings. The molecule has 0 aromatic heterocycles. The van der Waals surface area contributed by atoms with Crippen LogP contribution in [0.4, 0.5) is 0 Å². The average Bonchev–Trinajstić information content (AvgIpc) is 1.89. The summed E-state index contributed by atoms with van der Waals surface area (Å²) in [4.78, 5) is 0. The fraction of sp³-hybridized carbons (Fsp3) is 0.500. The molecular formula is C8H13Cl. The molecule has 0 N–H and O–H groups in total. The standard InChI is InChI=1S/C8H13Cl/c1-2-3-4-5-6-7-8-9/h2-3,5-6H,4,7-8H2,1H3/b3-2+,6-5+. The van der Waals surface area contributed by atoms with Gasteiger partial charge in [-0.15, -0.1) is 11.6 Å². The van der Waals surface area contributed by atoms with Crippen molar-refractivity contribution in [2.75, 3.05) is 5.88 Å². The summed E-state index contributed by atoms with van der Waals surface area (Å²) in [6, 6.07) is 0. The summed E-state index contributed by atoms with van der Waals surface area (Å²) in [6.45, 7) is 2.02. The van der Waals surface area contributed by atoms with E-state index in [4.69, 9.17) is 11.6 Å². The second kappa shape index (κ2) is 7.77. The molecule has 0 aromatic rings. The highest BCUT2D eigenvalue weighted by Gasteiger charge is 1.71. The number of hydrogen-bond acceptors (Lipinski definition) is 0. The molecule has 0 unspecified atom stereocenters. The van der Waals surface area contributed by atoms with E-state index in [1.54, 1.807) is 0 Å². The number of allylic oxidation sites excluding steroid dienone is 4. The van der Waals surface area contributed by atoms with Gasteiger partial charge in [-0.1, -0.05) is 24.3 Å². The summed E-state index contributed by atoms with van der Waals surface area (Å²) < 4.78 is 0. The Morgan fingerprint density at radius 1 is 1.22 bits per heavy atom. The van der Waals surface area contributed by atoms with Gasteiger partial charge in [-0.2, -0.15) is 0 Å². The normalized spacial score (nSPS) is 11.8. The van der Waals surface area contributed by atoms with Gasteiger partial charge in [-0.3, -0.25) is 0 Å². The molecule has 0 spiro atoms. The first-order chi connectivity index (χ1) is 4.41. The molecule has 0 nitrogen and oxygen atoms in total. The van der Waals surface area contributed by atoms with Crippen molar-refractivity contribution in [3.63, 3.8) is 0 Å². The molecule has 52 valence electrons. The molecule has 0 aliphatic carbocycles. The molecule has 9 heavy (non-hydrogen) atoms. The van der Waals surface area contributed by atoms with Crippen LogP contribution in [0.2, 0.25) is 0 Å². The fourth-order valence-corrected chi connectivity index (χ4v) is 0.618. The Morgan fingerprint density at radius 2 is 2.00 bits per heavy atom. The van der Waals surface area contributed by atoms with Crippen LogP contribution in [0, 0.1) is 0 Å². The van der Waals surface area contributed by atoms with Crippen molar-refractivity contribution in [2.45, 2.75) is 19.8 Å². The SMILES string of the molecule is C/C=C/C/C=C/CCCl. The third-order valence-corrected chi connectivity index (χ3v) is 1.17. The Hall–Kier alpha value is -0.230. The van der Waals surface area contributed by atoms with E-state index < -0.39 is 0 Å². The Morgan fingerprint density at radius 3 is 2.56 bits per heavy atom. The largest absolute Gasteiger partial charge is 0.126 e. The lowest BCUT2D eigenvalue weighted by atomic mass is 10.3. The zero-order valence-corrected chi connectivity index (χ0v) is 6.56. The van der Waals surface area contributed by atoms with Crippen LogP contribution in [-0.4, -0.2) is 5.88 Å². The summed E-state index contributed by atoms with van der Waals surface area (Å²) in [5.74, 6) is 0.729. The summed E-state index contributed by atoms with van der Waals surface area (Å²) in [5.41, 5.74) is 0. The van der Waals surface area contributed by atoms with Gasteiger partial charge in [0.05, 0.1) is 0 Å². The van der Waals surface area contributed by atoms with E-state index in [1.165, 1.54) is 0 Å². The first-order valence-corrected chi connectivity index (χ1v) is 3.77. The third kappa shape index (κ3) is 7.77. The zero-order valence-electron chi connectivity index (χ0n) is 5.81. The predicted molar refractivity (Wildman–Crippen MR) is 43.9 cm³/mol. The summed E-state index contributed by atoms with van der Waals surface area (Å²) in [7, 11) is 0. The van der Waals surface area contributed by atoms with Gasteiger partial charge >= 0.3 is 0 Å². The monoisotopic (exact) mass is 144 g/mol. The van der Waals surface area contributed by atoms with Crippen LogP contribution in [0.15, 0.2) is 24.3 Å². The second-order valence-corrected chi connectivity index (χ2v) is 2.13. The summed E-state index contributed by atoms with van der Waals surface area (Å²) in [6.07, 6.45) is 10.4. The average molecular weight is 145 g/mol. The number of halogens is 1. The quantitative estimate of drug-likeness (QED) is 0.420. The Balaban J connectivity index is 3.04. The Kier molecular flexibility index (Phi) is 7.57. The van der Waals surface area contributed by atoms with Gasteiger partial charge in [0.1, 0.15) is 0 Å². The van der Waals surface area contributed by atoms with Crippen LogP contribution in [0.1, 0.15) is 19.8 Å². The van der Waals surface area contributed by atoms with E-state index in [1.807, 2.05) is 13.0 Å². The van der Waals surface area contributed by atoms with Crippen LogP contribution in [0.3, 0.4) is 0 Å². The zero-order chi connectivity index (χ0) is 6.95. The van der Waals surface area contributed by atoms with E-state index >= 15 is 0 Å². The van der Waals surface area contributed by atoms with E-state index in [2.05, 4.69) is 18.2 Å². The molecule has 0 fully saturated rings. The molecule has 0 amide bonds. The van der Waals surface area contributed by atoms with Crippen molar-refractivity contribution in [3.8, 4) is 0 Å². The molecule has 1 heteroatoms. The van der Waals surface area contributed by atoms with Crippen LogP contribution in [-0.2, 0) is 0 Å². The molecular weight excluding hydrogens is 132 g/mol. The molecule has 0 atom stereocenters. The van der Waals surface area contributed by atoms with Gasteiger partial charge in [-0.25, -0.2) is 0 Å². The van der Waals surface area contributed by atoms with Gasteiger partial charge in [0.2, 0.25) is 0 Å². The minimum atomic E-state index is 0.729. The van der Waals surface area contributed by atoms with Crippen LogP contribution < -0.4 is 0 Å². The van der Waals surface area contributed by atoms with E-state index in [9.17, 15) is 0 Å². The first kappa shape index (κ1) is 8.77. The number of rotatable bonds is 4. The highest BCUT2D eigenvalue weighted by molar-refractivity contribution is 6.17. The minimum Gasteiger partial charge on any atom is -0.126 e. The minimum absolute atomic E-state index is 0.729. The van der Waals surface area contributed by atoms with Crippen molar-refractivity contribution in [1.29, 1.82) is 0 Å². The van der Waals surface area contributed by atoms with Gasteiger partial charge in [0, 0.05) is 5.88 Å². The molecule has 0 rings (SSSR count). The molecule has 0 saturated heterocycles. The second-order valence-electron chi connectivity index (χ2n) is 1.75. The smallest absolute Gasteiger partial charge is 0.0258 e. The topological polar surface area (TPSA) is 0 Å². The van der Waals surface area contributed by atoms with E-state index in [0.717, 1.165) is 18.7 Å². The maximum atomic E-state index is 5.45. The van der Waals surface area contributed by atoms with Gasteiger partial charge in [0.25, 0.3) is 0 Å². The van der Waals surface area contributed by atoms with Gasteiger partial charge < -0.3 is 0 Å². The van der Waals surface area contributed by atoms with Gasteiger partial charge in [0.15, 0.2) is 0 Å². The molecule has 0 aromatic carbocycles. The predicted octanol–water partition coefficient (Wildman–Crippen LogP) is 3.14. The molecule has 0 bridgehead atoms. The lowest BCUT2D eigenvalue weighted by Crippen LogP contribution is -1.65. The maximum absolute atomic E-state index is 5.45. The third-order valence-electron chi connectivity index (χ3n) is 0.950. The van der Waals surface area contributed by atoms with E-state index in [-0.39, 0.29) is 0 Å². The van der Waals surface area contributed by atoms with Gasteiger partial charge in [-0.05, 0) is 19.8 Å². The Labute approximate surface area is 62.2 Å². The highest BCUT2D eigenvalue weighted by atomic mass is 35.5. The van der Waals surface area contributed by atoms with E-state index in [0.29, 0.717) is 0 Å². The van der Waals surface area contributed by atoms with Crippen molar-refractivity contribution < 1.29 is 0 Å². The highest BCUT2D eigenvalue weighted by Crippen LogP contribution is 1.90. The first-order valence-electron chi connectivity index (χ1n) is 3.24. The van der Waals surface area contributed by atoms with Crippen molar-refractivity contribution in [1.82, 2.24) is 0 Å². The van der Waals surface area contributed by atoms with Crippen molar-refractivity contribution >= 4 is 11.6 Å². The lowest BCUT2D eigenvalue weighted by molar-refractivity contribution is 1.21. The maximum Gasteiger partial charge on any atom is 0.0258 e. The molecule has 0 aliphatic heterocycles. The van der Waals surface area contributed by atoms with Crippen LogP contribution in [0.5, 0.6) is 0 Å². The summed E-state index contributed by atoms with van der Waals surface area (Å²) >= 11 is 5.45. The summed E-state index contributed by atoms with van der Waals surface area (Å²) in [5, 5.41) is 0. The van der Waals surface area contributed by atoms with Crippen molar-refractivity contribution in [3.05, 3.63) is 24.3 Å². The molecule has 0 radical (unpaired) electrons. The molecule has 0 saturated carbocycles. The number of hydrogen-bond donors (Lipinski definition) is 0. The number of alkyl halides is 1. The fourth-order valence-electron chi connectivity index (χ4n) is 0.492. The Bertz CT molecular complexity index is 92.7. The molecule has 0 heterocycles. The lowest BCUT2D eigenvalue weighted by Gasteiger charge is -1.80. The van der Waals surface area contributed by atoms with Crippen LogP contribution in [0.25, 0.3) is 0 Å². The van der Waals surface area contributed by atoms with Crippen molar-refractivity contribution in [2.24, 2.45) is 0 Å². The van der Waals surface area contributed by atoms with Crippen LogP contribution >= 0.6 is 11.6 Å².